The molecule has 2 atom stereocenters. The Bertz CT molecular complexity index is 1250. The van der Waals surface area contributed by atoms with Crippen LogP contribution in [0, 0.1) is 12.3 Å². The zero-order chi connectivity index (χ0) is 29.7. The summed E-state index contributed by atoms with van der Waals surface area (Å²) in [5, 5.41) is 15.5. The predicted molar refractivity (Wildman–Crippen MR) is 154 cm³/mol. The summed E-state index contributed by atoms with van der Waals surface area (Å²) >= 11 is 0. The Kier molecular flexibility index (Phi) is 9.52. The lowest BCUT2D eigenvalue weighted by Crippen LogP contribution is -2.59. The largest absolute Gasteiger partial charge is 0.508 e. The molecule has 2 aromatic rings. The van der Waals surface area contributed by atoms with Crippen molar-refractivity contribution in [2.24, 2.45) is 0 Å². The number of alkyl carbamates (subject to hydrolysis) is 1. The maximum atomic E-state index is 14.5. The summed E-state index contributed by atoms with van der Waals surface area (Å²) in [5.74, 6) is 1.99. The smallest absolute Gasteiger partial charge is 0.408 e. The van der Waals surface area contributed by atoms with Crippen LogP contribution in [0.1, 0.15) is 83.5 Å². The van der Waals surface area contributed by atoms with Gasteiger partial charge in [0, 0.05) is 23.6 Å². The number of rotatable bonds is 8. The Hall–Kier alpha value is -3.99. The van der Waals surface area contributed by atoms with E-state index in [0.29, 0.717) is 11.1 Å². The maximum absolute atomic E-state index is 14.5. The second kappa shape index (κ2) is 12.5. The van der Waals surface area contributed by atoms with Gasteiger partial charge in [-0.1, -0.05) is 36.3 Å². The van der Waals surface area contributed by atoms with E-state index in [2.05, 4.69) is 16.6 Å². The van der Waals surface area contributed by atoms with Crippen LogP contribution >= 0.6 is 0 Å². The highest BCUT2D eigenvalue weighted by atomic mass is 16.6. The minimum Gasteiger partial charge on any atom is -0.508 e. The molecular formula is C32H41N3O5. The average molecular weight is 548 g/mol. The number of hydrogen-bond donors (Lipinski definition) is 3. The van der Waals surface area contributed by atoms with E-state index < -0.39 is 35.2 Å². The quantitative estimate of drug-likeness (QED) is 0.410. The molecule has 0 radical (unpaired) electrons. The lowest BCUT2D eigenvalue weighted by atomic mass is 9.86. The zero-order valence-corrected chi connectivity index (χ0v) is 24.3. The van der Waals surface area contributed by atoms with Crippen LogP contribution in [0.3, 0.4) is 0 Å². The Morgan fingerprint density at radius 2 is 1.68 bits per heavy atom. The third kappa shape index (κ3) is 8.25. The first kappa shape index (κ1) is 30.6. The standard InChI is InChI=1S/C32H41N3O5/c1-8-22-12-9-10-15-25(22)27(28(37)34-31(2,3)4)35(23-13-11-14-23)29(38)26(33-30(39)40-32(5,6)7)20-21-16-18-24(36)19-17-21/h1,9-10,12,15-19,23,26-27,36H,11,13-14,20H2,2-7H3,(H,33,39)(H,34,37). The third-order valence-electron chi connectivity index (χ3n) is 6.52. The number of benzene rings is 2. The highest BCUT2D eigenvalue weighted by Gasteiger charge is 2.43. The Morgan fingerprint density at radius 1 is 1.05 bits per heavy atom. The average Bonchev–Trinajstić information content (AvgIpc) is 2.81. The number of aromatic hydroxyl groups is 1. The maximum Gasteiger partial charge on any atom is 0.408 e. The SMILES string of the molecule is C#Cc1ccccc1C(C(=O)NC(C)(C)C)N(C(=O)C(Cc1ccc(O)cc1)NC(=O)OC(C)(C)C)C1CCC1. The molecule has 3 rings (SSSR count). The Balaban J connectivity index is 2.10. The number of carbonyl (C=O) groups excluding carboxylic acids is 3. The molecule has 0 aromatic heterocycles. The van der Waals surface area contributed by atoms with Crippen LogP contribution < -0.4 is 10.6 Å². The first-order chi connectivity index (χ1) is 18.7. The molecule has 1 saturated carbocycles. The topological polar surface area (TPSA) is 108 Å². The highest BCUT2D eigenvalue weighted by molar-refractivity contribution is 5.93. The lowest BCUT2D eigenvalue weighted by molar-refractivity contribution is -0.148. The zero-order valence-electron chi connectivity index (χ0n) is 24.3. The van der Waals surface area contributed by atoms with E-state index in [9.17, 15) is 19.5 Å². The molecule has 0 aliphatic heterocycles. The fourth-order valence-corrected chi connectivity index (χ4v) is 4.60. The van der Waals surface area contributed by atoms with Gasteiger partial charge in [-0.2, -0.15) is 0 Å². The summed E-state index contributed by atoms with van der Waals surface area (Å²) in [6.45, 7) is 10.9. The highest BCUT2D eigenvalue weighted by Crippen LogP contribution is 2.35. The van der Waals surface area contributed by atoms with Crippen molar-refractivity contribution in [3.63, 3.8) is 0 Å². The molecule has 2 aromatic carbocycles. The van der Waals surface area contributed by atoms with E-state index in [4.69, 9.17) is 11.2 Å². The summed E-state index contributed by atoms with van der Waals surface area (Å²) in [6, 6.07) is 11.3. The summed E-state index contributed by atoms with van der Waals surface area (Å²) in [7, 11) is 0. The van der Waals surface area contributed by atoms with E-state index in [1.807, 2.05) is 20.8 Å². The third-order valence-corrected chi connectivity index (χ3v) is 6.52. The van der Waals surface area contributed by atoms with Crippen LogP contribution in [0.15, 0.2) is 48.5 Å². The van der Waals surface area contributed by atoms with Crippen molar-refractivity contribution in [1.29, 1.82) is 0 Å². The normalized spacial score (nSPS) is 15.1. The fraction of sp³-hybridized carbons (Fsp3) is 0.469. The molecule has 1 aliphatic rings. The van der Waals surface area contributed by atoms with Crippen molar-refractivity contribution >= 4 is 17.9 Å². The van der Waals surface area contributed by atoms with E-state index in [1.165, 1.54) is 12.1 Å². The summed E-state index contributed by atoms with van der Waals surface area (Å²) in [6.07, 6.45) is 7.59. The van der Waals surface area contributed by atoms with Crippen LogP contribution in [0.2, 0.25) is 0 Å². The predicted octanol–water partition coefficient (Wildman–Crippen LogP) is 4.85. The molecule has 3 N–H and O–H groups in total. The number of nitrogens with one attached hydrogen (secondary N) is 2. The molecule has 8 heteroatoms. The van der Waals surface area contributed by atoms with Crippen molar-refractivity contribution in [2.45, 2.75) is 96.5 Å². The summed E-state index contributed by atoms with van der Waals surface area (Å²) in [4.78, 5) is 42.9. The Labute approximate surface area is 237 Å². The minimum absolute atomic E-state index is 0.0904. The molecule has 1 fully saturated rings. The number of phenols is 1. The number of amides is 3. The van der Waals surface area contributed by atoms with E-state index in [1.54, 1.807) is 62.1 Å². The van der Waals surface area contributed by atoms with Crippen LogP contribution in [-0.4, -0.2) is 51.1 Å². The Morgan fingerprint density at radius 3 is 2.20 bits per heavy atom. The first-order valence-corrected chi connectivity index (χ1v) is 13.7. The number of hydrogen-bond acceptors (Lipinski definition) is 5. The molecule has 0 saturated heterocycles. The van der Waals surface area contributed by atoms with Crippen LogP contribution in [0.4, 0.5) is 4.79 Å². The van der Waals surface area contributed by atoms with Gasteiger partial charge in [-0.15, -0.1) is 6.42 Å². The van der Waals surface area contributed by atoms with E-state index in [0.717, 1.165) is 24.8 Å². The molecule has 8 nitrogen and oxygen atoms in total. The monoisotopic (exact) mass is 547 g/mol. The van der Waals surface area contributed by atoms with E-state index in [-0.39, 0.29) is 24.1 Å². The molecule has 214 valence electrons. The van der Waals surface area contributed by atoms with Crippen LogP contribution in [-0.2, 0) is 20.7 Å². The van der Waals surface area contributed by atoms with Crippen molar-refractivity contribution in [3.05, 3.63) is 65.2 Å². The van der Waals surface area contributed by atoms with Crippen molar-refractivity contribution in [2.75, 3.05) is 0 Å². The molecule has 0 bridgehead atoms. The van der Waals surface area contributed by atoms with Crippen LogP contribution in [0.25, 0.3) is 0 Å². The number of carbonyl (C=O) groups is 3. The number of nitrogens with zero attached hydrogens (tertiary/aromatic N) is 1. The number of ether oxygens (including phenoxy) is 1. The van der Waals surface area contributed by atoms with Crippen LogP contribution in [0.5, 0.6) is 5.75 Å². The van der Waals surface area contributed by atoms with Crippen molar-refractivity contribution < 1.29 is 24.2 Å². The first-order valence-electron chi connectivity index (χ1n) is 13.7. The summed E-state index contributed by atoms with van der Waals surface area (Å²) < 4.78 is 5.48. The number of phenolic OH excluding ortho intramolecular Hbond substituents is 1. The second-order valence-corrected chi connectivity index (χ2v) is 12.3. The van der Waals surface area contributed by atoms with Crippen molar-refractivity contribution in [3.8, 4) is 18.1 Å². The van der Waals surface area contributed by atoms with Gasteiger partial charge in [-0.25, -0.2) is 4.79 Å². The van der Waals surface area contributed by atoms with Gasteiger partial charge in [-0.05, 0) is 90.1 Å². The lowest BCUT2D eigenvalue weighted by Gasteiger charge is -2.44. The molecule has 3 amide bonds. The minimum atomic E-state index is -1.04. The second-order valence-electron chi connectivity index (χ2n) is 12.3. The molecule has 0 heterocycles. The van der Waals surface area contributed by atoms with Gasteiger partial charge in [-0.3, -0.25) is 9.59 Å². The van der Waals surface area contributed by atoms with E-state index >= 15 is 0 Å². The van der Waals surface area contributed by atoms with Gasteiger partial charge in [0.15, 0.2) is 0 Å². The molecule has 1 aliphatic carbocycles. The van der Waals surface area contributed by atoms with Gasteiger partial charge in [0.25, 0.3) is 0 Å². The molecule has 2 unspecified atom stereocenters. The molecular weight excluding hydrogens is 506 g/mol. The van der Waals surface area contributed by atoms with Gasteiger partial charge in [0.1, 0.15) is 23.4 Å². The molecule has 0 spiro atoms. The van der Waals surface area contributed by atoms with Gasteiger partial charge in [0.05, 0.1) is 0 Å². The molecule has 40 heavy (non-hydrogen) atoms. The van der Waals surface area contributed by atoms with Gasteiger partial charge in [0.2, 0.25) is 11.8 Å². The number of terminal acetylenes is 1. The van der Waals surface area contributed by atoms with Gasteiger partial charge < -0.3 is 25.4 Å². The fourth-order valence-electron chi connectivity index (χ4n) is 4.60. The van der Waals surface area contributed by atoms with Gasteiger partial charge >= 0.3 is 6.09 Å². The summed E-state index contributed by atoms with van der Waals surface area (Å²) in [5.41, 5.74) is 0.455. The van der Waals surface area contributed by atoms with Crippen molar-refractivity contribution in [1.82, 2.24) is 15.5 Å².